The Kier molecular flexibility index (Phi) is 8.71. The second kappa shape index (κ2) is 11.2. The van der Waals surface area contributed by atoms with Gasteiger partial charge < -0.3 is 31.9 Å². The Hall–Kier alpha value is -3.24. The monoisotopic (exact) mass is 430 g/mol. The molecule has 2 aliphatic heterocycles. The van der Waals surface area contributed by atoms with Crippen molar-refractivity contribution in [3.05, 3.63) is 47.9 Å². The summed E-state index contributed by atoms with van der Waals surface area (Å²) in [4.78, 5) is 50.2. The summed E-state index contributed by atoms with van der Waals surface area (Å²) in [5.74, 6) is -1.24. The Morgan fingerprint density at radius 2 is 1.23 bits per heavy atom. The largest absolute Gasteiger partial charge is 0.366 e. The van der Waals surface area contributed by atoms with Crippen LogP contribution in [0.5, 0.6) is 0 Å². The van der Waals surface area contributed by atoms with Crippen LogP contribution in [0.3, 0.4) is 0 Å². The Morgan fingerprint density at radius 3 is 1.52 bits per heavy atom. The number of nitrogens with two attached hydrogens (primary N) is 2. The topological polar surface area (TPSA) is 151 Å². The number of carbonyl (C=O) groups is 4. The molecule has 0 aromatic rings. The van der Waals surface area contributed by atoms with Gasteiger partial charge in [-0.15, -0.1) is 0 Å². The summed E-state index contributed by atoms with van der Waals surface area (Å²) in [5.41, 5.74) is 11.2. The molecule has 2 aliphatic rings. The maximum Gasteiger partial charge on any atom is 0.248 e. The van der Waals surface area contributed by atoms with Gasteiger partial charge in [0, 0.05) is 36.6 Å². The molecule has 0 bridgehead atoms. The third-order valence-electron chi connectivity index (χ3n) is 5.01. The van der Waals surface area contributed by atoms with Gasteiger partial charge >= 0.3 is 0 Å². The minimum atomic E-state index is -0.516. The van der Waals surface area contributed by atoms with Gasteiger partial charge in [-0.1, -0.05) is 12.2 Å². The third kappa shape index (κ3) is 6.90. The lowest BCUT2D eigenvalue weighted by atomic mass is 10.1. The molecule has 6 N–H and O–H groups in total. The van der Waals surface area contributed by atoms with E-state index in [-0.39, 0.29) is 11.8 Å². The van der Waals surface area contributed by atoms with Gasteiger partial charge in [0.1, 0.15) is 0 Å². The van der Waals surface area contributed by atoms with Crippen molar-refractivity contribution >= 4 is 23.6 Å². The molecule has 0 aromatic carbocycles. The molecule has 0 aliphatic carbocycles. The quantitative estimate of drug-likeness (QED) is 0.322. The zero-order chi connectivity index (χ0) is 23.0. The lowest BCUT2D eigenvalue weighted by Gasteiger charge is -2.25. The number of amides is 4. The molecule has 168 valence electrons. The molecule has 31 heavy (non-hydrogen) atoms. The van der Waals surface area contributed by atoms with Crippen molar-refractivity contribution in [2.24, 2.45) is 11.5 Å². The lowest BCUT2D eigenvalue weighted by Crippen LogP contribution is -2.45. The number of hydrogen-bond acceptors (Lipinski definition) is 6. The molecule has 0 aromatic heterocycles. The predicted octanol–water partition coefficient (Wildman–Crippen LogP) is -1.13. The first-order valence-electron chi connectivity index (χ1n) is 10.1. The molecule has 0 saturated carbocycles. The molecule has 2 unspecified atom stereocenters. The Morgan fingerprint density at radius 1 is 0.839 bits per heavy atom. The van der Waals surface area contributed by atoms with Crippen LogP contribution in [0.25, 0.3) is 0 Å². The first-order valence-corrected chi connectivity index (χ1v) is 10.1. The Bertz CT molecular complexity index is 777. The molecule has 0 saturated heterocycles. The van der Waals surface area contributed by atoms with Crippen LogP contribution in [0.2, 0.25) is 0 Å². The SMILES string of the molecule is CC(NCCCNC(C)C(=O)N1C=CC(C(N)=O)=CC1)C(=O)N1C=CC(C(N)=O)=CC1. The fourth-order valence-corrected chi connectivity index (χ4v) is 3.08. The smallest absolute Gasteiger partial charge is 0.248 e. The predicted molar refractivity (Wildman–Crippen MR) is 116 cm³/mol. The highest BCUT2D eigenvalue weighted by Crippen LogP contribution is 2.09. The van der Waals surface area contributed by atoms with Crippen molar-refractivity contribution in [3.63, 3.8) is 0 Å². The van der Waals surface area contributed by atoms with Gasteiger partial charge in [-0.3, -0.25) is 19.2 Å². The van der Waals surface area contributed by atoms with E-state index < -0.39 is 23.9 Å². The standard InChI is InChI=1S/C21H30N6O4/c1-14(20(30)26-10-4-16(5-11-26)18(22)28)24-8-3-9-25-15(2)21(31)27-12-6-17(7-13-27)19(23)29/h4-7,10,12,14-15,24-25H,3,8-9,11,13H2,1-2H3,(H2,22,28)(H2,23,29). The molecule has 2 rings (SSSR count). The van der Waals surface area contributed by atoms with Crippen LogP contribution < -0.4 is 22.1 Å². The summed E-state index contributed by atoms with van der Waals surface area (Å²) < 4.78 is 0. The van der Waals surface area contributed by atoms with Gasteiger partial charge in [0.25, 0.3) is 0 Å². The fraction of sp³-hybridized carbons (Fsp3) is 0.429. The zero-order valence-corrected chi connectivity index (χ0v) is 17.8. The van der Waals surface area contributed by atoms with Crippen LogP contribution in [0.15, 0.2) is 47.9 Å². The highest BCUT2D eigenvalue weighted by molar-refractivity contribution is 5.96. The van der Waals surface area contributed by atoms with Crippen molar-refractivity contribution < 1.29 is 19.2 Å². The molecule has 0 fully saturated rings. The van der Waals surface area contributed by atoms with Crippen LogP contribution >= 0.6 is 0 Å². The molecule has 2 heterocycles. The van der Waals surface area contributed by atoms with E-state index >= 15 is 0 Å². The number of rotatable bonds is 10. The summed E-state index contributed by atoms with van der Waals surface area (Å²) >= 11 is 0. The minimum Gasteiger partial charge on any atom is -0.366 e. The van der Waals surface area contributed by atoms with Crippen molar-refractivity contribution in [2.75, 3.05) is 26.2 Å². The summed E-state index contributed by atoms with van der Waals surface area (Å²) in [5, 5.41) is 6.32. The normalized spacial score (nSPS) is 17.6. The first kappa shape index (κ1) is 24.0. The van der Waals surface area contributed by atoms with E-state index in [0.717, 1.165) is 6.42 Å². The second-order valence-electron chi connectivity index (χ2n) is 7.37. The second-order valence-corrected chi connectivity index (χ2v) is 7.37. The summed E-state index contributed by atoms with van der Waals surface area (Å²) in [7, 11) is 0. The highest BCUT2D eigenvalue weighted by atomic mass is 16.2. The summed E-state index contributed by atoms with van der Waals surface area (Å²) in [6.07, 6.45) is 10.1. The average Bonchev–Trinajstić information content (AvgIpc) is 2.77. The molecule has 2 atom stereocenters. The average molecular weight is 431 g/mol. The van der Waals surface area contributed by atoms with Gasteiger partial charge in [-0.2, -0.15) is 0 Å². The number of carbonyl (C=O) groups excluding carboxylic acids is 4. The minimum absolute atomic E-state index is 0.104. The van der Waals surface area contributed by atoms with E-state index in [1.807, 2.05) is 0 Å². The van der Waals surface area contributed by atoms with E-state index in [9.17, 15) is 19.2 Å². The summed E-state index contributed by atoms with van der Waals surface area (Å²) in [6, 6.07) is -0.783. The number of nitrogens with one attached hydrogen (secondary N) is 2. The van der Waals surface area contributed by atoms with Crippen LogP contribution in [0, 0.1) is 0 Å². The number of nitrogens with zero attached hydrogens (tertiary/aromatic N) is 2. The molecule has 0 radical (unpaired) electrons. The maximum absolute atomic E-state index is 12.4. The fourth-order valence-electron chi connectivity index (χ4n) is 3.08. The molecular weight excluding hydrogens is 400 g/mol. The van der Waals surface area contributed by atoms with E-state index in [0.29, 0.717) is 37.3 Å². The van der Waals surface area contributed by atoms with E-state index in [1.165, 1.54) is 22.0 Å². The van der Waals surface area contributed by atoms with Crippen LogP contribution in [0.1, 0.15) is 20.3 Å². The van der Waals surface area contributed by atoms with E-state index in [2.05, 4.69) is 10.6 Å². The van der Waals surface area contributed by atoms with Gasteiger partial charge in [-0.25, -0.2) is 0 Å². The molecular formula is C21H30N6O4. The summed E-state index contributed by atoms with van der Waals surface area (Å²) in [6.45, 7) is 5.35. The van der Waals surface area contributed by atoms with Gasteiger partial charge in [0.15, 0.2) is 0 Å². The zero-order valence-electron chi connectivity index (χ0n) is 17.8. The van der Waals surface area contributed by atoms with Crippen LogP contribution in [0.4, 0.5) is 0 Å². The van der Waals surface area contributed by atoms with Crippen molar-refractivity contribution in [2.45, 2.75) is 32.4 Å². The number of hydrogen-bond donors (Lipinski definition) is 4. The Labute approximate surface area is 181 Å². The molecule has 0 spiro atoms. The van der Waals surface area contributed by atoms with Crippen LogP contribution in [-0.4, -0.2) is 71.7 Å². The van der Waals surface area contributed by atoms with Gasteiger partial charge in [-0.05, 0) is 45.5 Å². The third-order valence-corrected chi connectivity index (χ3v) is 5.01. The molecule has 10 nitrogen and oxygen atoms in total. The first-order chi connectivity index (χ1) is 14.7. The maximum atomic E-state index is 12.4. The van der Waals surface area contributed by atoms with E-state index in [1.54, 1.807) is 38.4 Å². The highest BCUT2D eigenvalue weighted by Gasteiger charge is 2.21. The molecule has 4 amide bonds. The van der Waals surface area contributed by atoms with E-state index in [4.69, 9.17) is 11.5 Å². The Balaban J connectivity index is 1.64. The number of primary amides is 2. The van der Waals surface area contributed by atoms with Crippen LogP contribution in [-0.2, 0) is 19.2 Å². The lowest BCUT2D eigenvalue weighted by molar-refractivity contribution is -0.130. The molecule has 10 heteroatoms. The van der Waals surface area contributed by atoms with Gasteiger partial charge in [0.05, 0.1) is 12.1 Å². The van der Waals surface area contributed by atoms with Crippen molar-refractivity contribution in [1.29, 1.82) is 0 Å². The van der Waals surface area contributed by atoms with Crippen molar-refractivity contribution in [1.82, 2.24) is 20.4 Å². The van der Waals surface area contributed by atoms with Crippen molar-refractivity contribution in [3.8, 4) is 0 Å². The van der Waals surface area contributed by atoms with Gasteiger partial charge in [0.2, 0.25) is 23.6 Å².